The van der Waals surface area contributed by atoms with Crippen LogP contribution in [0.4, 0.5) is 4.39 Å². The smallest absolute Gasteiger partial charge is 0.194 e. The van der Waals surface area contributed by atoms with Gasteiger partial charge in [-0.25, -0.2) is 4.39 Å². The number of ether oxygens (including phenoxy) is 1. The fraction of sp³-hybridized carbons (Fsp3) is 0.130. The molecular formula is C23H17FN2O3. The van der Waals surface area contributed by atoms with Crippen molar-refractivity contribution in [3.63, 3.8) is 0 Å². The average Bonchev–Trinajstić information content (AvgIpc) is 3.11. The minimum atomic E-state index is -0.827. The standard InChI is InChI=1S/C23H17FN2O3/c24-14-8-10-16(11-9-14)29-13-15(27)12-26-20-7-3-6-19-21(20)22(25-26)17-4-1-2-5-18(17)23(19)28/h1-11,15,27H,12-13H2/t15-/m0/s1. The van der Waals surface area contributed by atoms with E-state index in [1.165, 1.54) is 24.3 Å². The highest BCUT2D eigenvalue weighted by molar-refractivity contribution is 6.25. The number of hydrogen-bond acceptors (Lipinski definition) is 4. The number of halogens is 1. The topological polar surface area (TPSA) is 64.4 Å². The van der Waals surface area contributed by atoms with Crippen molar-refractivity contribution < 1.29 is 19.0 Å². The van der Waals surface area contributed by atoms with Crippen LogP contribution in [0.15, 0.2) is 66.7 Å². The van der Waals surface area contributed by atoms with Crippen molar-refractivity contribution in [1.82, 2.24) is 9.78 Å². The highest BCUT2D eigenvalue weighted by Gasteiger charge is 2.28. The third-order valence-corrected chi connectivity index (χ3v) is 5.09. The molecule has 1 aromatic heterocycles. The van der Waals surface area contributed by atoms with Crippen LogP contribution in [0.25, 0.3) is 22.2 Å². The van der Waals surface area contributed by atoms with Crippen LogP contribution in [-0.4, -0.2) is 33.4 Å². The second kappa shape index (κ2) is 6.83. The lowest BCUT2D eigenvalue weighted by atomic mass is 9.87. The molecule has 5 nitrogen and oxygen atoms in total. The molecule has 3 aromatic carbocycles. The Balaban J connectivity index is 1.45. The molecular weight excluding hydrogens is 371 g/mol. The fourth-order valence-corrected chi connectivity index (χ4v) is 3.75. The molecule has 0 radical (unpaired) electrons. The Hall–Kier alpha value is -3.51. The molecule has 0 saturated carbocycles. The third kappa shape index (κ3) is 2.98. The summed E-state index contributed by atoms with van der Waals surface area (Å²) in [5, 5.41) is 16.0. The second-order valence-electron chi connectivity index (χ2n) is 7.02. The van der Waals surface area contributed by atoms with Crippen LogP contribution in [0.3, 0.4) is 0 Å². The number of carbonyl (C=O) groups is 1. The molecule has 1 atom stereocenters. The molecule has 29 heavy (non-hydrogen) atoms. The van der Waals surface area contributed by atoms with Crippen molar-refractivity contribution in [2.24, 2.45) is 0 Å². The van der Waals surface area contributed by atoms with Crippen LogP contribution in [0.1, 0.15) is 15.9 Å². The van der Waals surface area contributed by atoms with Gasteiger partial charge < -0.3 is 9.84 Å². The predicted molar refractivity (Wildman–Crippen MR) is 107 cm³/mol. The van der Waals surface area contributed by atoms with E-state index in [0.29, 0.717) is 16.9 Å². The highest BCUT2D eigenvalue weighted by Crippen LogP contribution is 2.38. The summed E-state index contributed by atoms with van der Waals surface area (Å²) in [5.74, 6) is 0.124. The van der Waals surface area contributed by atoms with Crippen molar-refractivity contribution in [2.75, 3.05) is 6.61 Å². The maximum absolute atomic E-state index is 13.0. The summed E-state index contributed by atoms with van der Waals surface area (Å²) in [7, 11) is 0. The Morgan fingerprint density at radius 3 is 2.48 bits per heavy atom. The average molecular weight is 388 g/mol. The quantitative estimate of drug-likeness (QED) is 0.497. The van der Waals surface area contributed by atoms with Gasteiger partial charge in [0.2, 0.25) is 0 Å². The van der Waals surface area contributed by atoms with E-state index >= 15 is 0 Å². The monoisotopic (exact) mass is 388 g/mol. The first-order valence-electron chi connectivity index (χ1n) is 9.32. The molecule has 1 aliphatic carbocycles. The van der Waals surface area contributed by atoms with Gasteiger partial charge in [-0.05, 0) is 30.3 Å². The van der Waals surface area contributed by atoms with Gasteiger partial charge in [0.05, 0.1) is 12.1 Å². The van der Waals surface area contributed by atoms with Crippen molar-refractivity contribution >= 4 is 16.7 Å². The van der Waals surface area contributed by atoms with E-state index in [2.05, 4.69) is 0 Å². The minimum Gasteiger partial charge on any atom is -0.491 e. The van der Waals surface area contributed by atoms with Gasteiger partial charge in [-0.3, -0.25) is 9.48 Å². The van der Waals surface area contributed by atoms with Crippen molar-refractivity contribution in [2.45, 2.75) is 12.6 Å². The number of hydrogen-bond donors (Lipinski definition) is 1. The van der Waals surface area contributed by atoms with Crippen LogP contribution >= 0.6 is 0 Å². The fourth-order valence-electron chi connectivity index (χ4n) is 3.75. The van der Waals surface area contributed by atoms with Gasteiger partial charge in [0, 0.05) is 22.1 Å². The lowest BCUT2D eigenvalue weighted by molar-refractivity contribution is 0.0905. The van der Waals surface area contributed by atoms with Crippen LogP contribution in [-0.2, 0) is 6.54 Å². The summed E-state index contributed by atoms with van der Waals surface area (Å²) in [6.07, 6.45) is -0.827. The van der Waals surface area contributed by atoms with Crippen LogP contribution in [0, 0.1) is 5.82 Å². The van der Waals surface area contributed by atoms with E-state index in [1.54, 1.807) is 4.68 Å². The number of ketones is 1. The van der Waals surface area contributed by atoms with Gasteiger partial charge in [-0.2, -0.15) is 5.10 Å². The summed E-state index contributed by atoms with van der Waals surface area (Å²) in [6, 6.07) is 18.6. The molecule has 0 bridgehead atoms. The van der Waals surface area contributed by atoms with Gasteiger partial charge in [-0.1, -0.05) is 36.4 Å². The normalized spacial score (nSPS) is 13.4. The van der Waals surface area contributed by atoms with Gasteiger partial charge in [-0.15, -0.1) is 0 Å². The molecule has 144 valence electrons. The van der Waals surface area contributed by atoms with E-state index in [0.717, 1.165) is 22.2 Å². The maximum Gasteiger partial charge on any atom is 0.194 e. The van der Waals surface area contributed by atoms with Gasteiger partial charge in [0.15, 0.2) is 5.78 Å². The van der Waals surface area contributed by atoms with E-state index in [4.69, 9.17) is 9.84 Å². The van der Waals surface area contributed by atoms with E-state index < -0.39 is 6.10 Å². The zero-order chi connectivity index (χ0) is 20.0. The highest BCUT2D eigenvalue weighted by atomic mass is 19.1. The van der Waals surface area contributed by atoms with Gasteiger partial charge >= 0.3 is 0 Å². The van der Waals surface area contributed by atoms with E-state index in [1.807, 2.05) is 42.5 Å². The molecule has 0 amide bonds. The predicted octanol–water partition coefficient (Wildman–Crippen LogP) is 3.83. The number of aromatic nitrogens is 2. The number of aliphatic hydroxyl groups is 1. The number of fused-ring (bicyclic) bond motifs is 2. The largest absolute Gasteiger partial charge is 0.491 e. The summed E-state index contributed by atoms with van der Waals surface area (Å²) < 4.78 is 20.2. The van der Waals surface area contributed by atoms with Crippen LogP contribution < -0.4 is 4.74 Å². The lowest BCUT2D eigenvalue weighted by Crippen LogP contribution is -2.24. The Morgan fingerprint density at radius 1 is 0.966 bits per heavy atom. The Labute approximate surface area is 166 Å². The van der Waals surface area contributed by atoms with Crippen molar-refractivity contribution in [1.29, 1.82) is 0 Å². The first-order valence-corrected chi connectivity index (χ1v) is 9.32. The SMILES string of the molecule is O=C1c2ccccc2-c2nn(C[C@H](O)COc3ccc(F)cc3)c3cccc1c23. The molecule has 0 unspecified atom stereocenters. The molecule has 0 aliphatic heterocycles. The van der Waals surface area contributed by atoms with Gasteiger partial charge in [0.25, 0.3) is 0 Å². The van der Waals surface area contributed by atoms with E-state index in [-0.39, 0.29) is 24.8 Å². The molecule has 0 fully saturated rings. The zero-order valence-electron chi connectivity index (χ0n) is 15.4. The number of rotatable bonds is 5. The molecule has 1 aliphatic rings. The number of nitrogens with zero attached hydrogens (tertiary/aromatic N) is 2. The lowest BCUT2D eigenvalue weighted by Gasteiger charge is -2.14. The Bertz CT molecular complexity index is 1230. The maximum atomic E-state index is 13.0. The summed E-state index contributed by atoms with van der Waals surface area (Å²) in [5.41, 5.74) is 3.60. The molecule has 5 rings (SSSR count). The Kier molecular flexibility index (Phi) is 4.14. The van der Waals surface area contributed by atoms with Crippen LogP contribution in [0.2, 0.25) is 0 Å². The number of aliphatic hydroxyl groups excluding tert-OH is 1. The summed E-state index contributed by atoms with van der Waals surface area (Å²) in [4.78, 5) is 12.9. The third-order valence-electron chi connectivity index (χ3n) is 5.09. The van der Waals surface area contributed by atoms with E-state index in [9.17, 15) is 14.3 Å². The van der Waals surface area contributed by atoms with Crippen LogP contribution in [0.5, 0.6) is 5.75 Å². The van der Waals surface area contributed by atoms with Crippen molar-refractivity contribution in [3.05, 3.63) is 83.7 Å². The molecule has 4 aromatic rings. The first kappa shape index (κ1) is 17.6. The Morgan fingerprint density at radius 2 is 1.69 bits per heavy atom. The summed E-state index contributed by atoms with van der Waals surface area (Å²) >= 11 is 0. The molecule has 0 spiro atoms. The molecule has 0 saturated heterocycles. The first-order chi connectivity index (χ1) is 14.1. The summed E-state index contributed by atoms with van der Waals surface area (Å²) in [6.45, 7) is 0.245. The van der Waals surface area contributed by atoms with Gasteiger partial charge in [0.1, 0.15) is 30.0 Å². The number of benzene rings is 3. The minimum absolute atomic E-state index is 0.0153. The molecule has 6 heteroatoms. The molecule has 1 N–H and O–H groups in total. The second-order valence-corrected chi connectivity index (χ2v) is 7.02. The van der Waals surface area contributed by atoms with Crippen molar-refractivity contribution in [3.8, 4) is 17.0 Å². The molecule has 1 heterocycles. The number of carbonyl (C=O) groups excluding carboxylic acids is 1. The zero-order valence-corrected chi connectivity index (χ0v) is 15.4.